The number of esters is 1. The van der Waals surface area contributed by atoms with Gasteiger partial charge in [0.05, 0.1) is 4.92 Å². The summed E-state index contributed by atoms with van der Waals surface area (Å²) < 4.78 is 5.08. The number of para-hydroxylation sites is 1. The molecule has 0 N–H and O–H groups in total. The van der Waals surface area contributed by atoms with Gasteiger partial charge in [0.15, 0.2) is 6.61 Å². The molecule has 0 aliphatic rings. The number of benzene rings is 2. The van der Waals surface area contributed by atoms with Crippen LogP contribution in [-0.4, -0.2) is 35.7 Å². The van der Waals surface area contributed by atoms with E-state index in [9.17, 15) is 19.7 Å². The summed E-state index contributed by atoms with van der Waals surface area (Å²) in [5, 5.41) is 10.1. The van der Waals surface area contributed by atoms with Crippen LogP contribution in [0, 0.1) is 10.1 Å². The van der Waals surface area contributed by atoms with Crippen molar-refractivity contribution < 1.29 is 19.2 Å². The first-order valence-corrected chi connectivity index (χ1v) is 8.66. The topological polar surface area (TPSA) is 89.7 Å². The highest BCUT2D eigenvalue weighted by atomic mass is 32.2. The maximum atomic E-state index is 12.1. The van der Waals surface area contributed by atoms with E-state index >= 15 is 0 Å². The number of carbonyl (C=O) groups is 2. The molecule has 136 valence electrons. The Bertz CT molecular complexity index is 780. The zero-order valence-corrected chi connectivity index (χ0v) is 15.1. The summed E-state index contributed by atoms with van der Waals surface area (Å²) in [6.07, 6.45) is 0. The predicted molar refractivity (Wildman–Crippen MR) is 99.2 cm³/mol. The van der Waals surface area contributed by atoms with Crippen LogP contribution in [0.2, 0.25) is 0 Å². The predicted octanol–water partition coefficient (Wildman–Crippen LogP) is 3.28. The van der Waals surface area contributed by atoms with E-state index in [1.807, 2.05) is 18.2 Å². The van der Waals surface area contributed by atoms with Crippen molar-refractivity contribution in [2.75, 3.05) is 18.6 Å². The molecule has 0 fully saturated rings. The Hall–Kier alpha value is -2.87. The smallest absolute Gasteiger partial charge is 0.319 e. The van der Waals surface area contributed by atoms with Crippen LogP contribution in [-0.2, 0) is 14.3 Å². The molecule has 2 rings (SSSR count). The number of rotatable bonds is 7. The van der Waals surface area contributed by atoms with Crippen LogP contribution in [0.3, 0.4) is 0 Å². The lowest BCUT2D eigenvalue weighted by molar-refractivity contribution is -0.384. The zero-order chi connectivity index (χ0) is 19.1. The highest BCUT2D eigenvalue weighted by Crippen LogP contribution is 2.26. The van der Waals surface area contributed by atoms with Crippen molar-refractivity contribution in [2.45, 2.75) is 17.1 Å². The third-order valence-corrected chi connectivity index (χ3v) is 4.64. The van der Waals surface area contributed by atoms with Gasteiger partial charge in [0.1, 0.15) is 5.25 Å². The van der Waals surface area contributed by atoms with Gasteiger partial charge in [-0.1, -0.05) is 18.2 Å². The van der Waals surface area contributed by atoms with Gasteiger partial charge in [-0.25, -0.2) is 0 Å². The monoisotopic (exact) mass is 374 g/mol. The van der Waals surface area contributed by atoms with Crippen molar-refractivity contribution in [1.82, 2.24) is 0 Å². The molecule has 0 saturated heterocycles. The summed E-state index contributed by atoms with van der Waals surface area (Å²) in [7, 11) is 1.61. The molecule has 8 heteroatoms. The fourth-order valence-electron chi connectivity index (χ4n) is 2.04. The van der Waals surface area contributed by atoms with Crippen molar-refractivity contribution in [3.05, 3.63) is 64.7 Å². The fourth-order valence-corrected chi connectivity index (χ4v) is 2.91. The van der Waals surface area contributed by atoms with Gasteiger partial charge in [-0.05, 0) is 31.2 Å². The Kier molecular flexibility index (Phi) is 6.74. The first-order chi connectivity index (χ1) is 12.4. The molecule has 1 amide bonds. The molecule has 0 heterocycles. The van der Waals surface area contributed by atoms with Gasteiger partial charge >= 0.3 is 5.97 Å². The van der Waals surface area contributed by atoms with E-state index in [0.29, 0.717) is 10.6 Å². The van der Waals surface area contributed by atoms with Crippen LogP contribution < -0.4 is 4.90 Å². The number of ether oxygens (including phenoxy) is 1. The van der Waals surface area contributed by atoms with Gasteiger partial charge in [-0.15, -0.1) is 11.8 Å². The number of likely N-dealkylation sites (N-methyl/N-ethyl adjacent to an activating group) is 1. The second kappa shape index (κ2) is 9.00. The fraction of sp³-hybridized carbons (Fsp3) is 0.222. The lowest BCUT2D eigenvalue weighted by Crippen LogP contribution is -2.32. The van der Waals surface area contributed by atoms with Gasteiger partial charge in [0.25, 0.3) is 11.6 Å². The molecule has 0 aliphatic heterocycles. The van der Waals surface area contributed by atoms with Gasteiger partial charge in [-0.2, -0.15) is 0 Å². The molecule has 2 aromatic rings. The minimum Gasteiger partial charge on any atom is -0.455 e. The third-order valence-electron chi connectivity index (χ3n) is 3.55. The Morgan fingerprint density at radius 2 is 1.77 bits per heavy atom. The first kappa shape index (κ1) is 19.5. The molecule has 0 radical (unpaired) electrons. The molecule has 1 atom stereocenters. The Morgan fingerprint density at radius 3 is 2.35 bits per heavy atom. The van der Waals surface area contributed by atoms with Crippen LogP contribution >= 0.6 is 11.8 Å². The lowest BCUT2D eigenvalue weighted by atomic mass is 10.3. The van der Waals surface area contributed by atoms with Crippen LogP contribution in [0.15, 0.2) is 59.5 Å². The van der Waals surface area contributed by atoms with Crippen molar-refractivity contribution in [2.24, 2.45) is 0 Å². The minimum absolute atomic E-state index is 0.0147. The first-order valence-electron chi connectivity index (χ1n) is 7.78. The Balaban J connectivity index is 1.84. The van der Waals surface area contributed by atoms with Gasteiger partial charge in [0, 0.05) is 29.8 Å². The van der Waals surface area contributed by atoms with Crippen molar-refractivity contribution in [3.63, 3.8) is 0 Å². The number of nitro groups is 1. The number of nitrogens with zero attached hydrogens (tertiary/aromatic N) is 2. The number of non-ortho nitro benzene ring substituents is 1. The maximum absolute atomic E-state index is 12.1. The second-order valence-corrected chi connectivity index (χ2v) is 6.82. The molecular weight excluding hydrogens is 356 g/mol. The number of amides is 1. The number of anilines is 1. The molecule has 0 aromatic heterocycles. The van der Waals surface area contributed by atoms with E-state index in [4.69, 9.17) is 4.74 Å². The van der Waals surface area contributed by atoms with Crippen LogP contribution in [0.1, 0.15) is 6.92 Å². The SMILES string of the molecule is CC(Sc1ccc([N+](=O)[O-])cc1)C(=O)OCC(=O)N(C)c1ccccc1. The molecular formula is C18H18N2O5S. The highest BCUT2D eigenvalue weighted by molar-refractivity contribution is 8.00. The molecule has 26 heavy (non-hydrogen) atoms. The van der Waals surface area contributed by atoms with Gasteiger partial charge < -0.3 is 9.64 Å². The number of thioether (sulfide) groups is 1. The number of carbonyl (C=O) groups excluding carboxylic acids is 2. The summed E-state index contributed by atoms with van der Waals surface area (Å²) >= 11 is 1.21. The standard InChI is InChI=1S/C18H18N2O5S/c1-13(26-16-10-8-15(9-11-16)20(23)24)18(22)25-12-17(21)19(2)14-6-4-3-5-7-14/h3-11,13H,12H2,1-2H3. The number of nitro benzene ring substituents is 1. The van der Waals surface area contributed by atoms with E-state index in [2.05, 4.69) is 0 Å². The maximum Gasteiger partial charge on any atom is 0.319 e. The third kappa shape index (κ3) is 5.32. The van der Waals surface area contributed by atoms with Crippen molar-refractivity contribution in [1.29, 1.82) is 0 Å². The van der Waals surface area contributed by atoms with E-state index in [1.54, 1.807) is 38.2 Å². The van der Waals surface area contributed by atoms with Crippen molar-refractivity contribution >= 4 is 35.0 Å². The number of hydrogen-bond donors (Lipinski definition) is 0. The highest BCUT2D eigenvalue weighted by Gasteiger charge is 2.19. The average Bonchev–Trinajstić information content (AvgIpc) is 2.66. The van der Waals surface area contributed by atoms with Crippen LogP contribution in [0.5, 0.6) is 0 Å². The average molecular weight is 374 g/mol. The quantitative estimate of drug-likeness (QED) is 0.320. The minimum atomic E-state index is -0.550. The van der Waals surface area contributed by atoms with Gasteiger partial charge in [-0.3, -0.25) is 19.7 Å². The lowest BCUT2D eigenvalue weighted by Gasteiger charge is -2.18. The van der Waals surface area contributed by atoms with Crippen LogP contribution in [0.25, 0.3) is 0 Å². The van der Waals surface area contributed by atoms with E-state index in [-0.39, 0.29) is 18.2 Å². The molecule has 1 unspecified atom stereocenters. The number of hydrogen-bond acceptors (Lipinski definition) is 6. The molecule has 0 aliphatic carbocycles. The van der Waals surface area contributed by atoms with Crippen molar-refractivity contribution in [3.8, 4) is 0 Å². The van der Waals surface area contributed by atoms with E-state index in [0.717, 1.165) is 0 Å². The largest absolute Gasteiger partial charge is 0.455 e. The molecule has 7 nitrogen and oxygen atoms in total. The van der Waals surface area contributed by atoms with Gasteiger partial charge in [0.2, 0.25) is 0 Å². The summed E-state index contributed by atoms with van der Waals surface area (Å²) in [5.74, 6) is -0.861. The summed E-state index contributed by atoms with van der Waals surface area (Å²) in [6, 6.07) is 14.9. The molecule has 0 saturated carbocycles. The van der Waals surface area contributed by atoms with E-state index in [1.165, 1.54) is 28.8 Å². The Labute approximate surface area is 155 Å². The Morgan fingerprint density at radius 1 is 1.15 bits per heavy atom. The molecule has 0 bridgehead atoms. The zero-order valence-electron chi connectivity index (χ0n) is 14.3. The van der Waals surface area contributed by atoms with E-state index < -0.39 is 16.1 Å². The summed E-state index contributed by atoms with van der Waals surface area (Å²) in [5.41, 5.74) is 0.695. The summed E-state index contributed by atoms with van der Waals surface area (Å²) in [4.78, 5) is 36.4. The molecule has 2 aromatic carbocycles. The molecule has 0 spiro atoms. The second-order valence-electron chi connectivity index (χ2n) is 5.41. The normalized spacial score (nSPS) is 11.5. The van der Waals surface area contributed by atoms with Crippen LogP contribution in [0.4, 0.5) is 11.4 Å². The summed E-state index contributed by atoms with van der Waals surface area (Å²) in [6.45, 7) is 1.30.